The van der Waals surface area contributed by atoms with Crippen molar-refractivity contribution in [2.24, 2.45) is 0 Å². The molecule has 0 spiro atoms. The maximum atomic E-state index is 10.2. The first-order valence-corrected chi connectivity index (χ1v) is 6.79. The lowest BCUT2D eigenvalue weighted by molar-refractivity contribution is 0.182. The first-order chi connectivity index (χ1) is 8.33. The fourth-order valence-corrected chi connectivity index (χ4v) is 2.42. The van der Waals surface area contributed by atoms with E-state index in [1.165, 1.54) is 0 Å². The van der Waals surface area contributed by atoms with Gasteiger partial charge in [-0.05, 0) is 11.1 Å². The van der Waals surface area contributed by atoms with Crippen molar-refractivity contribution in [3.8, 4) is 0 Å². The van der Waals surface area contributed by atoms with Gasteiger partial charge in [0.25, 0.3) is 0 Å². The smallest absolute Gasteiger partial charge is 0.0745 e. The molecule has 1 atom stereocenters. The lowest BCUT2D eigenvalue weighted by Crippen LogP contribution is -2.21. The summed E-state index contributed by atoms with van der Waals surface area (Å²) in [6.45, 7) is 0. The number of rotatable bonds is 4. The molecule has 0 radical (unpaired) electrons. The van der Waals surface area contributed by atoms with E-state index in [1.807, 2.05) is 36.4 Å². The number of aliphatic hydroxyl groups is 1. The van der Waals surface area contributed by atoms with Gasteiger partial charge >= 0.3 is 0 Å². The molecule has 0 fully saturated rings. The van der Waals surface area contributed by atoms with E-state index >= 15 is 0 Å². The fourth-order valence-electron chi connectivity index (χ4n) is 2.05. The summed E-state index contributed by atoms with van der Waals surface area (Å²) in [5.41, 5.74) is 2.29. The van der Waals surface area contributed by atoms with E-state index in [1.54, 1.807) is 0 Å². The van der Waals surface area contributed by atoms with Crippen molar-refractivity contribution >= 4 is 15.9 Å². The third kappa shape index (κ3) is 2.96. The molecule has 2 aromatic rings. The summed E-state index contributed by atoms with van der Waals surface area (Å²) in [5, 5.41) is 10.7. The molecule has 88 valence electrons. The van der Waals surface area contributed by atoms with Crippen molar-refractivity contribution in [2.75, 3.05) is 5.33 Å². The first kappa shape index (κ1) is 12.3. The van der Waals surface area contributed by atoms with Crippen LogP contribution in [0.25, 0.3) is 0 Å². The Morgan fingerprint density at radius 1 is 0.824 bits per heavy atom. The van der Waals surface area contributed by atoms with E-state index in [9.17, 15) is 5.11 Å². The Morgan fingerprint density at radius 3 is 1.59 bits per heavy atom. The average molecular weight is 291 g/mol. The summed E-state index contributed by atoms with van der Waals surface area (Å²) >= 11 is 3.36. The van der Waals surface area contributed by atoms with Crippen LogP contribution in [0.3, 0.4) is 0 Å². The Kier molecular flexibility index (Phi) is 4.35. The third-order valence-electron chi connectivity index (χ3n) is 2.86. The van der Waals surface area contributed by atoms with Crippen LogP contribution in [0.5, 0.6) is 0 Å². The molecule has 17 heavy (non-hydrogen) atoms. The Bertz CT molecular complexity index is 401. The zero-order chi connectivity index (χ0) is 12.1. The van der Waals surface area contributed by atoms with E-state index < -0.39 is 6.10 Å². The standard InChI is InChI=1S/C15H15BrO/c16-11-14(17)15(12-7-3-1-4-8-12)13-9-5-2-6-10-13/h1-10,14-15,17H,11H2/t14-/m0/s1. The molecule has 0 aliphatic carbocycles. The van der Waals surface area contributed by atoms with Gasteiger partial charge in [0.05, 0.1) is 6.10 Å². The van der Waals surface area contributed by atoms with E-state index in [0.717, 1.165) is 11.1 Å². The maximum absolute atomic E-state index is 10.2. The Hall–Kier alpha value is -1.12. The minimum absolute atomic E-state index is 0.0248. The first-order valence-electron chi connectivity index (χ1n) is 5.67. The van der Waals surface area contributed by atoms with Gasteiger partial charge in [0.1, 0.15) is 0 Å². The van der Waals surface area contributed by atoms with Crippen molar-refractivity contribution < 1.29 is 5.11 Å². The van der Waals surface area contributed by atoms with Crippen LogP contribution >= 0.6 is 15.9 Å². The van der Waals surface area contributed by atoms with Gasteiger partial charge in [0, 0.05) is 11.2 Å². The predicted molar refractivity (Wildman–Crippen MR) is 74.5 cm³/mol. The largest absolute Gasteiger partial charge is 0.391 e. The molecular weight excluding hydrogens is 276 g/mol. The van der Waals surface area contributed by atoms with Crippen LogP contribution < -0.4 is 0 Å². The van der Waals surface area contributed by atoms with E-state index in [4.69, 9.17) is 0 Å². The van der Waals surface area contributed by atoms with E-state index in [-0.39, 0.29) is 5.92 Å². The molecule has 0 aromatic heterocycles. The Morgan fingerprint density at radius 2 is 1.24 bits per heavy atom. The van der Waals surface area contributed by atoms with Gasteiger partial charge in [-0.15, -0.1) is 0 Å². The van der Waals surface area contributed by atoms with Gasteiger partial charge in [-0.2, -0.15) is 0 Å². The second kappa shape index (κ2) is 5.99. The summed E-state index contributed by atoms with van der Waals surface area (Å²) in [6.07, 6.45) is -0.417. The van der Waals surface area contributed by atoms with Crippen LogP contribution in [-0.2, 0) is 0 Å². The zero-order valence-corrected chi connectivity index (χ0v) is 11.0. The number of benzene rings is 2. The molecule has 2 aromatic carbocycles. The highest BCUT2D eigenvalue weighted by Gasteiger charge is 2.21. The predicted octanol–water partition coefficient (Wildman–Crippen LogP) is 3.57. The van der Waals surface area contributed by atoms with Gasteiger partial charge < -0.3 is 5.11 Å². The van der Waals surface area contributed by atoms with Crippen molar-refractivity contribution in [1.29, 1.82) is 0 Å². The summed E-state index contributed by atoms with van der Waals surface area (Å²) < 4.78 is 0. The van der Waals surface area contributed by atoms with Crippen LogP contribution in [0.15, 0.2) is 60.7 Å². The summed E-state index contributed by atoms with van der Waals surface area (Å²) in [5.74, 6) is 0.0248. The highest BCUT2D eigenvalue weighted by atomic mass is 79.9. The average Bonchev–Trinajstić information content (AvgIpc) is 2.41. The van der Waals surface area contributed by atoms with Crippen LogP contribution in [0.4, 0.5) is 0 Å². The Balaban J connectivity index is 2.39. The molecule has 1 nitrogen and oxygen atoms in total. The van der Waals surface area contributed by atoms with Gasteiger partial charge in [0.2, 0.25) is 0 Å². The van der Waals surface area contributed by atoms with Gasteiger partial charge in [-0.3, -0.25) is 0 Å². The van der Waals surface area contributed by atoms with Crippen LogP contribution in [0.2, 0.25) is 0 Å². The van der Waals surface area contributed by atoms with Crippen LogP contribution in [0, 0.1) is 0 Å². The monoisotopic (exact) mass is 290 g/mol. The van der Waals surface area contributed by atoms with Crippen molar-refractivity contribution in [1.82, 2.24) is 0 Å². The summed E-state index contributed by atoms with van der Waals surface area (Å²) in [7, 11) is 0. The topological polar surface area (TPSA) is 20.2 Å². The molecule has 0 heterocycles. The molecule has 0 aliphatic rings. The summed E-state index contributed by atoms with van der Waals surface area (Å²) in [6, 6.07) is 20.2. The molecule has 0 saturated carbocycles. The molecule has 1 N–H and O–H groups in total. The maximum Gasteiger partial charge on any atom is 0.0745 e. The molecule has 0 aliphatic heterocycles. The third-order valence-corrected chi connectivity index (χ3v) is 3.52. The Labute approximate surface area is 110 Å². The normalized spacial score (nSPS) is 12.6. The van der Waals surface area contributed by atoms with Crippen molar-refractivity contribution in [2.45, 2.75) is 12.0 Å². The minimum Gasteiger partial charge on any atom is -0.391 e. The fraction of sp³-hybridized carbons (Fsp3) is 0.200. The molecule has 0 unspecified atom stereocenters. The second-order valence-electron chi connectivity index (χ2n) is 4.02. The number of halogens is 1. The van der Waals surface area contributed by atoms with Crippen molar-refractivity contribution in [3.05, 3.63) is 71.8 Å². The number of aliphatic hydroxyl groups excluding tert-OH is 1. The van der Waals surface area contributed by atoms with Crippen molar-refractivity contribution in [3.63, 3.8) is 0 Å². The number of alkyl halides is 1. The van der Waals surface area contributed by atoms with Crippen LogP contribution in [0.1, 0.15) is 17.0 Å². The van der Waals surface area contributed by atoms with E-state index in [0.29, 0.717) is 5.33 Å². The highest BCUT2D eigenvalue weighted by Crippen LogP contribution is 2.28. The molecule has 0 bridgehead atoms. The van der Waals surface area contributed by atoms with Gasteiger partial charge in [-0.1, -0.05) is 76.6 Å². The second-order valence-corrected chi connectivity index (χ2v) is 4.67. The molecule has 0 saturated heterocycles. The van der Waals surface area contributed by atoms with Crippen LogP contribution in [-0.4, -0.2) is 16.5 Å². The van der Waals surface area contributed by atoms with Gasteiger partial charge in [-0.25, -0.2) is 0 Å². The lowest BCUT2D eigenvalue weighted by Gasteiger charge is -2.22. The SMILES string of the molecule is O[C@@H](CBr)C(c1ccccc1)c1ccccc1. The minimum atomic E-state index is -0.417. The van der Waals surface area contributed by atoms with E-state index in [2.05, 4.69) is 40.2 Å². The lowest BCUT2D eigenvalue weighted by atomic mass is 9.87. The molecular formula is C15H15BrO. The molecule has 0 amide bonds. The molecule has 2 rings (SSSR count). The van der Waals surface area contributed by atoms with Gasteiger partial charge in [0.15, 0.2) is 0 Å². The number of hydrogen-bond donors (Lipinski definition) is 1. The number of hydrogen-bond acceptors (Lipinski definition) is 1. The zero-order valence-electron chi connectivity index (χ0n) is 9.46. The summed E-state index contributed by atoms with van der Waals surface area (Å²) in [4.78, 5) is 0. The highest BCUT2D eigenvalue weighted by molar-refractivity contribution is 9.09. The molecule has 2 heteroatoms. The quantitative estimate of drug-likeness (QED) is 0.854.